The second-order valence-electron chi connectivity index (χ2n) is 8.67. The molecule has 2 aromatic rings. The fraction of sp³-hybridized carbons (Fsp3) is 0.458. The molecule has 0 radical (unpaired) electrons. The number of benzene rings is 1. The van der Waals surface area contributed by atoms with Crippen molar-refractivity contribution in [2.24, 2.45) is 11.3 Å². The normalized spacial score (nSPS) is 22.7. The average Bonchev–Trinajstić information content (AvgIpc) is 3.21. The van der Waals surface area contributed by atoms with Crippen LogP contribution in [0.3, 0.4) is 0 Å². The van der Waals surface area contributed by atoms with Crippen LogP contribution < -0.4 is 4.90 Å². The lowest BCUT2D eigenvalue weighted by molar-refractivity contribution is -0.137. The van der Waals surface area contributed by atoms with Gasteiger partial charge in [0, 0.05) is 61.8 Å². The number of fused-ring (bicyclic) bond motifs is 1. The lowest BCUT2D eigenvalue weighted by atomic mass is 9.73. The number of hydrogen-bond donors (Lipinski definition) is 0. The van der Waals surface area contributed by atoms with Crippen molar-refractivity contribution >= 4 is 11.6 Å². The molecule has 9 heteroatoms. The van der Waals surface area contributed by atoms with Gasteiger partial charge in [0.25, 0.3) is 5.91 Å². The first-order valence-corrected chi connectivity index (χ1v) is 10.9. The van der Waals surface area contributed by atoms with Gasteiger partial charge in [-0.2, -0.15) is 18.4 Å². The van der Waals surface area contributed by atoms with Crippen molar-refractivity contribution in [3.63, 3.8) is 0 Å². The lowest BCUT2D eigenvalue weighted by Crippen LogP contribution is -2.53. The summed E-state index contributed by atoms with van der Waals surface area (Å²) in [7, 11) is 0. The number of hydrogen-bond acceptors (Lipinski definition) is 5. The van der Waals surface area contributed by atoms with Crippen LogP contribution in [0.2, 0.25) is 0 Å². The summed E-state index contributed by atoms with van der Waals surface area (Å²) in [5.41, 5.74) is -0.708. The van der Waals surface area contributed by atoms with E-state index in [4.69, 9.17) is 10.00 Å². The second-order valence-corrected chi connectivity index (χ2v) is 8.67. The number of carbonyl (C=O) groups excluding carboxylic acids is 1. The molecule has 1 aromatic heterocycles. The summed E-state index contributed by atoms with van der Waals surface area (Å²) in [6.07, 6.45) is -0.708. The molecule has 174 valence electrons. The van der Waals surface area contributed by atoms with Gasteiger partial charge in [-0.3, -0.25) is 9.78 Å². The van der Waals surface area contributed by atoms with Crippen molar-refractivity contribution in [3.05, 3.63) is 59.4 Å². The smallest absolute Gasteiger partial charge is 0.381 e. The highest BCUT2D eigenvalue weighted by Crippen LogP contribution is 2.45. The number of aromatic nitrogens is 1. The van der Waals surface area contributed by atoms with Gasteiger partial charge in [0.05, 0.1) is 23.8 Å². The third-order valence-corrected chi connectivity index (χ3v) is 6.67. The molecule has 2 fully saturated rings. The first-order valence-electron chi connectivity index (χ1n) is 10.9. The van der Waals surface area contributed by atoms with Crippen molar-refractivity contribution in [3.8, 4) is 6.07 Å². The number of ether oxygens (including phenoxy) is 1. The van der Waals surface area contributed by atoms with E-state index in [1.807, 2.05) is 16.7 Å². The molecule has 33 heavy (non-hydrogen) atoms. The van der Waals surface area contributed by atoms with Gasteiger partial charge in [0.15, 0.2) is 0 Å². The molecule has 0 N–H and O–H groups in total. The number of nitrogens with zero attached hydrogens (tertiary/aromatic N) is 4. The minimum Gasteiger partial charge on any atom is -0.381 e. The fourth-order valence-electron chi connectivity index (χ4n) is 5.00. The van der Waals surface area contributed by atoms with Gasteiger partial charge in [-0.15, -0.1) is 0 Å². The molecule has 0 bridgehead atoms. The Morgan fingerprint density at radius 2 is 2.03 bits per heavy atom. The van der Waals surface area contributed by atoms with E-state index in [0.717, 1.165) is 12.5 Å². The number of piperidine rings is 1. The Morgan fingerprint density at radius 1 is 1.27 bits per heavy atom. The van der Waals surface area contributed by atoms with Crippen LogP contribution in [0.15, 0.2) is 42.7 Å². The maximum Gasteiger partial charge on any atom is 0.417 e. The summed E-state index contributed by atoms with van der Waals surface area (Å²) in [5.74, 6) is 0.0958. The first kappa shape index (κ1) is 23.1. The Kier molecular flexibility index (Phi) is 6.30. The van der Waals surface area contributed by atoms with Crippen LogP contribution in [0.1, 0.15) is 34.8 Å². The zero-order valence-electron chi connectivity index (χ0n) is 18.3. The van der Waals surface area contributed by atoms with Gasteiger partial charge in [-0.25, -0.2) is 0 Å². The predicted molar refractivity (Wildman–Crippen MR) is 116 cm³/mol. The average molecular weight is 458 g/mol. The number of anilines is 1. The number of rotatable bonds is 5. The van der Waals surface area contributed by atoms with Gasteiger partial charge >= 0.3 is 6.18 Å². The zero-order chi connectivity index (χ0) is 23.6. The Hall–Kier alpha value is -3.12. The van der Waals surface area contributed by atoms with Crippen molar-refractivity contribution in [2.45, 2.75) is 19.5 Å². The molecule has 2 aliphatic heterocycles. The van der Waals surface area contributed by atoms with E-state index < -0.39 is 11.7 Å². The summed E-state index contributed by atoms with van der Waals surface area (Å²) >= 11 is 0. The fourth-order valence-corrected chi connectivity index (χ4v) is 5.00. The van der Waals surface area contributed by atoms with Crippen LogP contribution in [0.4, 0.5) is 18.9 Å². The number of halogens is 3. The monoisotopic (exact) mass is 458 g/mol. The number of carbonyl (C=O) groups is 1. The molecule has 6 nitrogen and oxygen atoms in total. The number of pyridine rings is 1. The Balaban J connectivity index is 1.61. The molecular formula is C24H25F3N4O2. The maximum absolute atomic E-state index is 13.5. The molecule has 2 aliphatic rings. The quantitative estimate of drug-likeness (QED) is 0.678. The van der Waals surface area contributed by atoms with E-state index in [1.165, 1.54) is 6.07 Å². The molecule has 0 spiro atoms. The Labute approximate surface area is 190 Å². The van der Waals surface area contributed by atoms with E-state index >= 15 is 0 Å². The van der Waals surface area contributed by atoms with Crippen molar-refractivity contribution in [1.82, 2.24) is 9.88 Å². The number of nitriles is 1. The van der Waals surface area contributed by atoms with Crippen molar-refractivity contribution < 1.29 is 22.7 Å². The van der Waals surface area contributed by atoms with Crippen LogP contribution in [0.25, 0.3) is 0 Å². The van der Waals surface area contributed by atoms with Gasteiger partial charge in [-0.1, -0.05) is 0 Å². The molecule has 0 aliphatic carbocycles. The van der Waals surface area contributed by atoms with Crippen LogP contribution >= 0.6 is 0 Å². The number of alkyl halides is 3. The largest absolute Gasteiger partial charge is 0.417 e. The lowest BCUT2D eigenvalue weighted by Gasteiger charge is -2.43. The molecule has 2 saturated heterocycles. The number of likely N-dealkylation sites (tertiary alicyclic amines) is 1. The van der Waals surface area contributed by atoms with Crippen LogP contribution in [0.5, 0.6) is 0 Å². The molecule has 4 rings (SSSR count). The van der Waals surface area contributed by atoms with E-state index in [9.17, 15) is 18.0 Å². The van der Waals surface area contributed by atoms with Crippen LogP contribution in [-0.4, -0.2) is 55.2 Å². The molecule has 1 aromatic carbocycles. The van der Waals surface area contributed by atoms with E-state index in [2.05, 4.69) is 4.98 Å². The predicted octanol–water partition coefficient (Wildman–Crippen LogP) is 3.98. The summed E-state index contributed by atoms with van der Waals surface area (Å²) in [5, 5.41) is 9.10. The summed E-state index contributed by atoms with van der Waals surface area (Å²) < 4.78 is 46.3. The molecule has 1 amide bonds. The van der Waals surface area contributed by atoms with Crippen molar-refractivity contribution in [1.29, 1.82) is 5.26 Å². The Morgan fingerprint density at radius 3 is 2.70 bits per heavy atom. The topological polar surface area (TPSA) is 69.5 Å². The summed E-state index contributed by atoms with van der Waals surface area (Å²) in [4.78, 5) is 20.8. The SMILES string of the molecule is CCOCC12CN(C(=O)c3ccncc3)CCC1CN(c1ccc(C#N)c(C(F)(F)F)c1)C2. The maximum atomic E-state index is 13.5. The number of amides is 1. The molecule has 2 unspecified atom stereocenters. The highest BCUT2D eigenvalue weighted by Gasteiger charge is 2.51. The van der Waals surface area contributed by atoms with Gasteiger partial charge in [-0.05, 0) is 49.6 Å². The molecular weight excluding hydrogens is 433 g/mol. The van der Waals surface area contributed by atoms with Gasteiger partial charge in [0.1, 0.15) is 0 Å². The second kappa shape index (κ2) is 9.02. The van der Waals surface area contributed by atoms with Gasteiger partial charge in [0.2, 0.25) is 0 Å². The van der Waals surface area contributed by atoms with E-state index in [1.54, 1.807) is 36.7 Å². The highest BCUT2D eigenvalue weighted by atomic mass is 19.4. The van der Waals surface area contributed by atoms with Crippen LogP contribution in [0, 0.1) is 22.7 Å². The summed E-state index contributed by atoms with van der Waals surface area (Å²) in [6, 6.07) is 8.85. The van der Waals surface area contributed by atoms with Crippen molar-refractivity contribution in [2.75, 3.05) is 44.3 Å². The summed E-state index contributed by atoms with van der Waals surface area (Å²) in [6.45, 7) is 4.94. The van der Waals surface area contributed by atoms with Gasteiger partial charge < -0.3 is 14.5 Å². The third-order valence-electron chi connectivity index (χ3n) is 6.67. The third kappa shape index (κ3) is 4.53. The first-order chi connectivity index (χ1) is 15.8. The standard InChI is InChI=1S/C24H25F3N4O2/c1-2-33-16-23-14-30(22(32)17-5-8-29-9-6-17)10-7-19(23)13-31(15-23)20-4-3-18(12-28)21(11-20)24(25,26)27/h3-6,8-9,11,19H,2,7,10,13-16H2,1H3. The minimum atomic E-state index is -4.61. The van der Waals surface area contributed by atoms with Crippen LogP contribution in [-0.2, 0) is 10.9 Å². The van der Waals surface area contributed by atoms with E-state index in [0.29, 0.717) is 50.6 Å². The molecule has 0 saturated carbocycles. The highest BCUT2D eigenvalue weighted by molar-refractivity contribution is 5.94. The Bertz CT molecular complexity index is 1050. The molecule has 2 atom stereocenters. The minimum absolute atomic E-state index is 0.0806. The molecule has 3 heterocycles. The van der Waals surface area contributed by atoms with E-state index in [-0.39, 0.29) is 22.8 Å². The zero-order valence-corrected chi connectivity index (χ0v) is 18.3.